The van der Waals surface area contributed by atoms with Gasteiger partial charge in [0.1, 0.15) is 0 Å². The Morgan fingerprint density at radius 3 is 2.72 bits per heavy atom. The zero-order valence-corrected chi connectivity index (χ0v) is 14.9. The maximum Gasteiger partial charge on any atom is 0.254 e. The number of nitrogens with two attached hydrogens (primary N) is 1. The molecule has 0 aliphatic carbocycles. The topological polar surface area (TPSA) is 99.8 Å². The van der Waals surface area contributed by atoms with Crippen LogP contribution in [0.4, 0.5) is 0 Å². The molecule has 7 heteroatoms. The van der Waals surface area contributed by atoms with Crippen LogP contribution in [0.5, 0.6) is 0 Å². The third-order valence-electron chi connectivity index (χ3n) is 3.99. The van der Waals surface area contributed by atoms with Gasteiger partial charge in [-0.3, -0.25) is 9.59 Å². The van der Waals surface area contributed by atoms with Crippen LogP contribution in [0.1, 0.15) is 36.2 Å². The van der Waals surface area contributed by atoms with E-state index in [0.29, 0.717) is 37.1 Å². The molecule has 1 aromatic rings. The maximum absolute atomic E-state index is 12.4. The number of carbonyl (C=O) groups excluding carboxylic acids is 2. The number of amides is 2. The van der Waals surface area contributed by atoms with Crippen LogP contribution in [0.3, 0.4) is 0 Å². The second-order valence-electron chi connectivity index (χ2n) is 6.58. The van der Waals surface area contributed by atoms with Gasteiger partial charge in [0.25, 0.3) is 5.91 Å². The number of nitrogens with zero attached hydrogens (tertiary/aromatic N) is 2. The van der Waals surface area contributed by atoms with Crippen molar-refractivity contribution in [2.75, 3.05) is 26.2 Å². The molecule has 0 bridgehead atoms. The lowest BCUT2D eigenvalue weighted by atomic mass is 10.1. The molecule has 1 aromatic carbocycles. The lowest BCUT2D eigenvalue weighted by Crippen LogP contribution is -2.49. The van der Waals surface area contributed by atoms with Crippen LogP contribution in [0, 0.1) is 5.92 Å². The molecular weight excluding hydrogens is 318 g/mol. The van der Waals surface area contributed by atoms with E-state index >= 15 is 0 Å². The first kappa shape index (κ1) is 18.8. The summed E-state index contributed by atoms with van der Waals surface area (Å²) in [6.45, 7) is 6.74. The summed E-state index contributed by atoms with van der Waals surface area (Å²) in [5.74, 6) is 0.808. The molecule has 7 nitrogen and oxygen atoms in total. The summed E-state index contributed by atoms with van der Waals surface area (Å²) in [5, 5.41) is 5.80. The van der Waals surface area contributed by atoms with E-state index in [1.165, 1.54) is 0 Å². The summed E-state index contributed by atoms with van der Waals surface area (Å²) in [5.41, 5.74) is 7.38. The Morgan fingerprint density at radius 2 is 2.08 bits per heavy atom. The summed E-state index contributed by atoms with van der Waals surface area (Å²) in [4.78, 5) is 29.6. The minimum absolute atomic E-state index is 0.115. The predicted molar refractivity (Wildman–Crippen MR) is 98.1 cm³/mol. The molecule has 1 saturated heterocycles. The van der Waals surface area contributed by atoms with Crippen molar-refractivity contribution < 1.29 is 9.59 Å². The summed E-state index contributed by atoms with van der Waals surface area (Å²) < 4.78 is 0. The van der Waals surface area contributed by atoms with Gasteiger partial charge in [-0.15, -0.1) is 0 Å². The lowest BCUT2D eigenvalue weighted by Gasteiger charge is -2.26. The van der Waals surface area contributed by atoms with Crippen molar-refractivity contribution in [1.82, 2.24) is 15.5 Å². The monoisotopic (exact) mass is 345 g/mol. The third-order valence-corrected chi connectivity index (χ3v) is 3.99. The highest BCUT2D eigenvalue weighted by molar-refractivity contribution is 5.97. The fraction of sp³-hybridized carbons (Fsp3) is 0.500. The van der Waals surface area contributed by atoms with E-state index in [4.69, 9.17) is 5.73 Å². The van der Waals surface area contributed by atoms with Gasteiger partial charge in [-0.2, -0.15) is 0 Å². The minimum Gasteiger partial charge on any atom is -0.370 e. The first-order valence-corrected chi connectivity index (χ1v) is 8.64. The Labute approximate surface area is 148 Å². The fourth-order valence-corrected chi connectivity index (χ4v) is 2.47. The van der Waals surface area contributed by atoms with Crippen LogP contribution >= 0.6 is 0 Å². The van der Waals surface area contributed by atoms with Crippen LogP contribution in [0.15, 0.2) is 29.3 Å². The molecule has 0 aromatic heterocycles. The fourth-order valence-electron chi connectivity index (χ4n) is 2.47. The second kappa shape index (κ2) is 9.05. The van der Waals surface area contributed by atoms with Crippen molar-refractivity contribution in [3.63, 3.8) is 0 Å². The van der Waals surface area contributed by atoms with E-state index < -0.39 is 0 Å². The Balaban J connectivity index is 1.86. The Kier molecular flexibility index (Phi) is 6.80. The number of hydrogen-bond donors (Lipinski definition) is 3. The van der Waals surface area contributed by atoms with Gasteiger partial charge in [0.05, 0.1) is 13.1 Å². The van der Waals surface area contributed by atoms with Gasteiger partial charge in [-0.25, -0.2) is 4.99 Å². The normalized spacial score (nSPS) is 15.2. The highest BCUT2D eigenvalue weighted by Gasteiger charge is 2.21. The zero-order valence-electron chi connectivity index (χ0n) is 14.9. The van der Waals surface area contributed by atoms with Crippen LogP contribution in [-0.2, 0) is 11.3 Å². The molecule has 0 atom stereocenters. The Morgan fingerprint density at radius 1 is 1.36 bits per heavy atom. The molecular formula is C18H27N5O2. The average Bonchev–Trinajstić information content (AvgIpc) is 2.59. The van der Waals surface area contributed by atoms with Crippen LogP contribution in [0.25, 0.3) is 0 Å². The number of piperazine rings is 1. The standard InChI is InChI=1S/C18H27N5O2/c1-13(2)7-8-21-18(19)22-11-14-3-5-15(6-4-14)17(25)23-10-9-20-16(24)12-23/h3-6,13H,7-12H2,1-2H3,(H,20,24)(H3,19,21,22). The average molecular weight is 345 g/mol. The summed E-state index contributed by atoms with van der Waals surface area (Å²) in [6.07, 6.45) is 1.04. The molecule has 25 heavy (non-hydrogen) atoms. The molecule has 0 spiro atoms. The molecule has 2 amide bonds. The first-order chi connectivity index (χ1) is 12.0. The second-order valence-corrected chi connectivity index (χ2v) is 6.58. The van der Waals surface area contributed by atoms with Gasteiger partial charge in [-0.05, 0) is 30.0 Å². The molecule has 2 rings (SSSR count). The van der Waals surface area contributed by atoms with Gasteiger partial charge in [0, 0.05) is 25.2 Å². The number of aliphatic imine (C=N–C) groups is 1. The molecule has 1 aliphatic rings. The molecule has 0 unspecified atom stereocenters. The van der Waals surface area contributed by atoms with E-state index in [0.717, 1.165) is 18.5 Å². The van der Waals surface area contributed by atoms with Crippen molar-refractivity contribution in [2.45, 2.75) is 26.8 Å². The maximum atomic E-state index is 12.4. The van der Waals surface area contributed by atoms with E-state index in [9.17, 15) is 9.59 Å². The number of carbonyl (C=O) groups is 2. The SMILES string of the molecule is CC(C)CCNC(N)=NCc1ccc(C(=O)N2CCNC(=O)C2)cc1. The van der Waals surface area contributed by atoms with Crippen molar-refractivity contribution in [3.8, 4) is 0 Å². The smallest absolute Gasteiger partial charge is 0.254 e. The van der Waals surface area contributed by atoms with Gasteiger partial charge in [-0.1, -0.05) is 26.0 Å². The molecule has 0 saturated carbocycles. The largest absolute Gasteiger partial charge is 0.370 e. The Bertz CT molecular complexity index is 625. The summed E-state index contributed by atoms with van der Waals surface area (Å²) in [7, 11) is 0. The van der Waals surface area contributed by atoms with Gasteiger partial charge in [0.2, 0.25) is 5.91 Å². The zero-order chi connectivity index (χ0) is 18.2. The van der Waals surface area contributed by atoms with Gasteiger partial charge >= 0.3 is 0 Å². The molecule has 0 radical (unpaired) electrons. The number of guanidine groups is 1. The lowest BCUT2D eigenvalue weighted by molar-refractivity contribution is -0.123. The van der Waals surface area contributed by atoms with E-state index in [2.05, 4.69) is 29.5 Å². The molecule has 136 valence electrons. The van der Waals surface area contributed by atoms with Crippen LogP contribution in [-0.4, -0.2) is 48.9 Å². The van der Waals surface area contributed by atoms with E-state index in [-0.39, 0.29) is 18.4 Å². The Hall–Kier alpha value is -2.57. The first-order valence-electron chi connectivity index (χ1n) is 8.64. The molecule has 4 N–H and O–H groups in total. The van der Waals surface area contributed by atoms with E-state index in [1.54, 1.807) is 17.0 Å². The van der Waals surface area contributed by atoms with Crippen molar-refractivity contribution in [3.05, 3.63) is 35.4 Å². The number of hydrogen-bond acceptors (Lipinski definition) is 3. The molecule has 1 aliphatic heterocycles. The highest BCUT2D eigenvalue weighted by Crippen LogP contribution is 2.09. The van der Waals surface area contributed by atoms with Crippen LogP contribution in [0.2, 0.25) is 0 Å². The van der Waals surface area contributed by atoms with Crippen molar-refractivity contribution in [1.29, 1.82) is 0 Å². The minimum atomic E-state index is -0.125. The van der Waals surface area contributed by atoms with Crippen LogP contribution < -0.4 is 16.4 Å². The summed E-state index contributed by atoms with van der Waals surface area (Å²) >= 11 is 0. The quantitative estimate of drug-likeness (QED) is 0.522. The van der Waals surface area contributed by atoms with Crippen molar-refractivity contribution >= 4 is 17.8 Å². The number of benzene rings is 1. The highest BCUT2D eigenvalue weighted by atomic mass is 16.2. The number of rotatable bonds is 6. The molecule has 1 heterocycles. The van der Waals surface area contributed by atoms with Crippen molar-refractivity contribution in [2.24, 2.45) is 16.6 Å². The number of nitrogens with one attached hydrogen (secondary N) is 2. The summed E-state index contributed by atoms with van der Waals surface area (Å²) in [6, 6.07) is 7.26. The third kappa shape index (κ3) is 6.10. The molecule has 1 fully saturated rings. The van der Waals surface area contributed by atoms with E-state index in [1.807, 2.05) is 12.1 Å². The van der Waals surface area contributed by atoms with Gasteiger partial charge < -0.3 is 21.3 Å². The predicted octanol–water partition coefficient (Wildman–Crippen LogP) is 0.709. The van der Waals surface area contributed by atoms with Gasteiger partial charge in [0.15, 0.2) is 5.96 Å².